The van der Waals surface area contributed by atoms with Gasteiger partial charge in [0.05, 0.1) is 6.04 Å². The van der Waals surface area contributed by atoms with Crippen molar-refractivity contribution >= 4 is 5.84 Å². The van der Waals surface area contributed by atoms with Crippen LogP contribution in [0.3, 0.4) is 0 Å². The minimum atomic E-state index is 0.111. The van der Waals surface area contributed by atoms with E-state index < -0.39 is 0 Å². The van der Waals surface area contributed by atoms with Crippen LogP contribution in [0.1, 0.15) is 40.0 Å². The summed E-state index contributed by atoms with van der Waals surface area (Å²) in [5, 5.41) is 7.49. The lowest BCUT2D eigenvalue weighted by Gasteiger charge is -2.41. The standard InChI is InChI=1S/C11H23N3/c1-4-10-6-5-8(2)14(7-10)9(3)11(12)13/h8-10H,4-7H2,1-3H3,(H3,12,13)/t8-,9?,10+/m0/s1. The number of rotatable bonds is 3. The fraction of sp³-hybridized carbons (Fsp3) is 0.909. The van der Waals surface area contributed by atoms with Crippen molar-refractivity contribution in [1.82, 2.24) is 4.90 Å². The summed E-state index contributed by atoms with van der Waals surface area (Å²) in [6.07, 6.45) is 3.82. The lowest BCUT2D eigenvalue weighted by Crippen LogP contribution is -2.51. The molecule has 1 aliphatic heterocycles. The fourth-order valence-electron chi connectivity index (χ4n) is 2.26. The molecule has 1 saturated heterocycles. The number of hydrogen-bond acceptors (Lipinski definition) is 2. The van der Waals surface area contributed by atoms with Crippen molar-refractivity contribution in [1.29, 1.82) is 5.41 Å². The number of piperidine rings is 1. The van der Waals surface area contributed by atoms with Crippen LogP contribution in [0.2, 0.25) is 0 Å². The highest BCUT2D eigenvalue weighted by atomic mass is 15.2. The quantitative estimate of drug-likeness (QED) is 0.535. The highest BCUT2D eigenvalue weighted by molar-refractivity contribution is 5.82. The molecule has 0 aromatic heterocycles. The Morgan fingerprint density at radius 3 is 2.71 bits per heavy atom. The van der Waals surface area contributed by atoms with Gasteiger partial charge in [0.15, 0.2) is 0 Å². The van der Waals surface area contributed by atoms with Gasteiger partial charge in [-0.25, -0.2) is 0 Å². The van der Waals surface area contributed by atoms with Gasteiger partial charge in [0.25, 0.3) is 0 Å². The molecule has 3 atom stereocenters. The van der Waals surface area contributed by atoms with E-state index >= 15 is 0 Å². The molecule has 1 heterocycles. The smallest absolute Gasteiger partial charge is 0.108 e. The third-order valence-corrected chi connectivity index (χ3v) is 3.55. The van der Waals surface area contributed by atoms with E-state index in [1.54, 1.807) is 0 Å². The van der Waals surface area contributed by atoms with E-state index in [0.29, 0.717) is 11.9 Å². The normalized spacial score (nSPS) is 31.4. The summed E-state index contributed by atoms with van der Waals surface area (Å²) in [5.74, 6) is 1.10. The minimum Gasteiger partial charge on any atom is -0.386 e. The molecule has 0 aromatic rings. The molecular weight excluding hydrogens is 174 g/mol. The number of likely N-dealkylation sites (tertiary alicyclic amines) is 1. The van der Waals surface area contributed by atoms with E-state index in [4.69, 9.17) is 11.1 Å². The molecule has 82 valence electrons. The third kappa shape index (κ3) is 2.47. The molecule has 0 aromatic carbocycles. The van der Waals surface area contributed by atoms with E-state index in [9.17, 15) is 0 Å². The lowest BCUT2D eigenvalue weighted by molar-refractivity contribution is 0.102. The number of nitrogens with one attached hydrogen (secondary N) is 1. The maximum atomic E-state index is 7.49. The first kappa shape index (κ1) is 11.5. The zero-order chi connectivity index (χ0) is 10.7. The topological polar surface area (TPSA) is 53.1 Å². The van der Waals surface area contributed by atoms with E-state index in [2.05, 4.69) is 18.7 Å². The summed E-state index contributed by atoms with van der Waals surface area (Å²) in [4.78, 5) is 2.38. The van der Waals surface area contributed by atoms with Crippen molar-refractivity contribution in [2.75, 3.05) is 6.54 Å². The Morgan fingerprint density at radius 1 is 1.57 bits per heavy atom. The van der Waals surface area contributed by atoms with Crippen molar-refractivity contribution in [3.63, 3.8) is 0 Å². The van der Waals surface area contributed by atoms with Gasteiger partial charge in [-0.3, -0.25) is 10.3 Å². The highest BCUT2D eigenvalue weighted by Gasteiger charge is 2.28. The van der Waals surface area contributed by atoms with E-state index in [1.807, 2.05) is 6.92 Å². The van der Waals surface area contributed by atoms with Crippen LogP contribution in [-0.4, -0.2) is 29.4 Å². The van der Waals surface area contributed by atoms with Gasteiger partial charge in [0.2, 0.25) is 0 Å². The van der Waals surface area contributed by atoms with E-state index in [-0.39, 0.29) is 6.04 Å². The molecule has 1 rings (SSSR count). The van der Waals surface area contributed by atoms with Crippen LogP contribution < -0.4 is 5.73 Å². The predicted octanol–water partition coefficient (Wildman–Crippen LogP) is 1.82. The molecule has 0 saturated carbocycles. The molecule has 0 bridgehead atoms. The summed E-state index contributed by atoms with van der Waals surface area (Å²) in [7, 11) is 0. The molecule has 0 radical (unpaired) electrons. The Morgan fingerprint density at radius 2 is 2.21 bits per heavy atom. The minimum absolute atomic E-state index is 0.111. The first-order valence-corrected chi connectivity index (χ1v) is 5.65. The van der Waals surface area contributed by atoms with E-state index in [1.165, 1.54) is 19.3 Å². The molecule has 3 nitrogen and oxygen atoms in total. The Labute approximate surface area is 87.2 Å². The Hall–Kier alpha value is -0.570. The number of amidine groups is 1. The maximum Gasteiger partial charge on any atom is 0.108 e. The molecule has 1 aliphatic rings. The van der Waals surface area contributed by atoms with Crippen molar-refractivity contribution in [2.45, 2.75) is 52.1 Å². The van der Waals surface area contributed by atoms with Crippen LogP contribution >= 0.6 is 0 Å². The Kier molecular flexibility index (Phi) is 3.93. The molecule has 0 amide bonds. The van der Waals surface area contributed by atoms with Gasteiger partial charge in [0, 0.05) is 12.6 Å². The van der Waals surface area contributed by atoms with Crippen molar-refractivity contribution < 1.29 is 0 Å². The van der Waals surface area contributed by atoms with Crippen LogP contribution in [0.5, 0.6) is 0 Å². The van der Waals surface area contributed by atoms with Gasteiger partial charge in [-0.1, -0.05) is 13.3 Å². The van der Waals surface area contributed by atoms with Gasteiger partial charge < -0.3 is 5.73 Å². The molecule has 3 N–H and O–H groups in total. The lowest BCUT2D eigenvalue weighted by atomic mass is 9.90. The van der Waals surface area contributed by atoms with Crippen molar-refractivity contribution in [2.24, 2.45) is 11.7 Å². The zero-order valence-corrected chi connectivity index (χ0v) is 9.59. The average Bonchev–Trinajstić information content (AvgIpc) is 2.17. The van der Waals surface area contributed by atoms with Gasteiger partial charge in [-0.05, 0) is 32.6 Å². The number of hydrogen-bond donors (Lipinski definition) is 2. The molecule has 0 spiro atoms. The summed E-state index contributed by atoms with van der Waals surface area (Å²) in [5.41, 5.74) is 5.56. The Bertz CT molecular complexity index is 203. The summed E-state index contributed by atoms with van der Waals surface area (Å²) < 4.78 is 0. The first-order chi connectivity index (χ1) is 6.56. The highest BCUT2D eigenvalue weighted by Crippen LogP contribution is 2.25. The summed E-state index contributed by atoms with van der Waals surface area (Å²) in [6, 6.07) is 0.691. The molecule has 14 heavy (non-hydrogen) atoms. The van der Waals surface area contributed by atoms with Gasteiger partial charge >= 0.3 is 0 Å². The van der Waals surface area contributed by atoms with Crippen LogP contribution in [-0.2, 0) is 0 Å². The molecule has 3 heteroatoms. The second kappa shape index (κ2) is 4.78. The largest absolute Gasteiger partial charge is 0.386 e. The van der Waals surface area contributed by atoms with E-state index in [0.717, 1.165) is 12.5 Å². The predicted molar refractivity (Wildman–Crippen MR) is 60.6 cm³/mol. The third-order valence-electron chi connectivity index (χ3n) is 3.55. The number of nitrogens with two attached hydrogens (primary N) is 1. The van der Waals surface area contributed by atoms with Crippen molar-refractivity contribution in [3.05, 3.63) is 0 Å². The van der Waals surface area contributed by atoms with Gasteiger partial charge in [-0.2, -0.15) is 0 Å². The van der Waals surface area contributed by atoms with Crippen molar-refractivity contribution in [3.8, 4) is 0 Å². The molecule has 1 unspecified atom stereocenters. The van der Waals surface area contributed by atoms with Crippen LogP contribution in [0, 0.1) is 11.3 Å². The maximum absolute atomic E-state index is 7.49. The van der Waals surface area contributed by atoms with Crippen LogP contribution in [0.25, 0.3) is 0 Å². The molecule has 1 fully saturated rings. The molecule has 0 aliphatic carbocycles. The monoisotopic (exact) mass is 197 g/mol. The van der Waals surface area contributed by atoms with Gasteiger partial charge in [-0.15, -0.1) is 0 Å². The fourth-order valence-corrected chi connectivity index (χ4v) is 2.26. The van der Waals surface area contributed by atoms with Gasteiger partial charge in [0.1, 0.15) is 5.84 Å². The number of nitrogens with zero attached hydrogens (tertiary/aromatic N) is 1. The summed E-state index contributed by atoms with van der Waals surface area (Å²) in [6.45, 7) is 7.64. The van der Waals surface area contributed by atoms with Crippen LogP contribution in [0.15, 0.2) is 0 Å². The first-order valence-electron chi connectivity index (χ1n) is 5.65. The SMILES string of the molecule is CC[C@@H]1CC[C@H](C)N(C(C)C(=N)N)C1. The second-order valence-electron chi connectivity index (χ2n) is 4.53. The zero-order valence-electron chi connectivity index (χ0n) is 9.59. The second-order valence-corrected chi connectivity index (χ2v) is 4.53. The molecular formula is C11H23N3. The average molecular weight is 197 g/mol. The van der Waals surface area contributed by atoms with Crippen LogP contribution in [0.4, 0.5) is 0 Å². The Balaban J connectivity index is 2.60. The summed E-state index contributed by atoms with van der Waals surface area (Å²) >= 11 is 0.